The van der Waals surface area contributed by atoms with Gasteiger partial charge in [-0.3, -0.25) is 4.98 Å². The standard InChI is InChI=1S/C20H26N4O2S/c1-20(2,3)26-19(25)23-13-12-22-18(27)24-17-6-4-15(5-7-17)14-16-8-10-21-11-9-16/h4-11H,12-14H2,1-3H3,(H,23,25)(H2,22,24,27). The number of alkyl carbamates (subject to hydrolysis) is 1. The van der Waals surface area contributed by atoms with Crippen molar-refractivity contribution in [2.75, 3.05) is 18.4 Å². The van der Waals surface area contributed by atoms with E-state index < -0.39 is 11.7 Å². The molecule has 0 spiro atoms. The quantitative estimate of drug-likeness (QED) is 0.521. The van der Waals surface area contributed by atoms with Crippen LogP contribution in [0.4, 0.5) is 10.5 Å². The molecular weight excluding hydrogens is 360 g/mol. The van der Waals surface area contributed by atoms with E-state index in [0.717, 1.165) is 12.1 Å². The molecular formula is C20H26N4O2S. The highest BCUT2D eigenvalue weighted by molar-refractivity contribution is 7.80. The SMILES string of the molecule is CC(C)(C)OC(=O)NCCNC(=S)Nc1ccc(Cc2ccncc2)cc1. The number of carbonyl (C=O) groups excluding carboxylic acids is 1. The second-order valence-corrected chi connectivity index (χ2v) is 7.45. The van der Waals surface area contributed by atoms with E-state index >= 15 is 0 Å². The Hall–Kier alpha value is -2.67. The Morgan fingerprint density at radius 2 is 1.59 bits per heavy atom. The van der Waals surface area contributed by atoms with Crippen LogP contribution in [0.5, 0.6) is 0 Å². The first-order valence-corrected chi connectivity index (χ1v) is 9.22. The van der Waals surface area contributed by atoms with E-state index in [4.69, 9.17) is 17.0 Å². The predicted octanol–water partition coefficient (Wildman–Crippen LogP) is 3.48. The number of amides is 1. The molecule has 0 radical (unpaired) electrons. The Kier molecular flexibility index (Phi) is 7.55. The van der Waals surface area contributed by atoms with E-state index in [-0.39, 0.29) is 0 Å². The summed E-state index contributed by atoms with van der Waals surface area (Å²) in [6.45, 7) is 6.40. The number of anilines is 1. The predicted molar refractivity (Wildman–Crippen MR) is 112 cm³/mol. The fourth-order valence-electron chi connectivity index (χ4n) is 2.27. The van der Waals surface area contributed by atoms with Crippen molar-refractivity contribution < 1.29 is 9.53 Å². The van der Waals surface area contributed by atoms with E-state index in [1.54, 1.807) is 12.4 Å². The summed E-state index contributed by atoms with van der Waals surface area (Å²) in [5, 5.41) is 9.35. The van der Waals surface area contributed by atoms with E-state index in [9.17, 15) is 4.79 Å². The van der Waals surface area contributed by atoms with E-state index in [2.05, 4.69) is 33.1 Å². The van der Waals surface area contributed by atoms with E-state index in [1.165, 1.54) is 11.1 Å². The summed E-state index contributed by atoms with van der Waals surface area (Å²) in [7, 11) is 0. The highest BCUT2D eigenvalue weighted by Gasteiger charge is 2.15. The molecule has 0 aliphatic heterocycles. The third-order valence-corrected chi connectivity index (χ3v) is 3.69. The van der Waals surface area contributed by atoms with Crippen molar-refractivity contribution in [2.24, 2.45) is 0 Å². The van der Waals surface area contributed by atoms with Gasteiger partial charge in [0.1, 0.15) is 5.60 Å². The molecule has 1 amide bonds. The van der Waals surface area contributed by atoms with Gasteiger partial charge in [0.25, 0.3) is 0 Å². The molecule has 6 nitrogen and oxygen atoms in total. The normalized spacial score (nSPS) is 10.8. The summed E-state index contributed by atoms with van der Waals surface area (Å²) in [4.78, 5) is 15.6. The lowest BCUT2D eigenvalue weighted by Gasteiger charge is -2.19. The smallest absolute Gasteiger partial charge is 0.407 e. The minimum Gasteiger partial charge on any atom is -0.444 e. The number of pyridine rings is 1. The van der Waals surface area contributed by atoms with Crippen LogP contribution in [0.15, 0.2) is 48.8 Å². The third kappa shape index (κ3) is 8.50. The third-order valence-electron chi connectivity index (χ3n) is 3.45. The molecule has 27 heavy (non-hydrogen) atoms. The lowest BCUT2D eigenvalue weighted by Crippen LogP contribution is -2.39. The number of carbonyl (C=O) groups is 1. The molecule has 0 aliphatic carbocycles. The second kappa shape index (κ2) is 9.87. The Morgan fingerprint density at radius 3 is 2.22 bits per heavy atom. The van der Waals surface area contributed by atoms with Crippen LogP contribution in [0, 0.1) is 0 Å². The molecule has 1 heterocycles. The maximum Gasteiger partial charge on any atom is 0.407 e. The van der Waals surface area contributed by atoms with Gasteiger partial charge in [-0.25, -0.2) is 4.79 Å². The van der Waals surface area contributed by atoms with Crippen LogP contribution in [0.3, 0.4) is 0 Å². The number of nitrogens with zero attached hydrogens (tertiary/aromatic N) is 1. The average molecular weight is 387 g/mol. The Morgan fingerprint density at radius 1 is 1.00 bits per heavy atom. The zero-order valence-electron chi connectivity index (χ0n) is 15.9. The molecule has 3 N–H and O–H groups in total. The van der Waals surface area contributed by atoms with Gasteiger partial charge in [0.2, 0.25) is 0 Å². The highest BCUT2D eigenvalue weighted by atomic mass is 32.1. The van der Waals surface area contributed by atoms with Crippen molar-refractivity contribution in [2.45, 2.75) is 32.8 Å². The fourth-order valence-corrected chi connectivity index (χ4v) is 2.49. The first-order chi connectivity index (χ1) is 12.8. The van der Waals surface area contributed by atoms with Gasteiger partial charge in [-0.15, -0.1) is 0 Å². The van der Waals surface area contributed by atoms with Crippen molar-refractivity contribution in [3.05, 3.63) is 59.9 Å². The summed E-state index contributed by atoms with van der Waals surface area (Å²) in [6.07, 6.45) is 4.02. The van der Waals surface area contributed by atoms with Gasteiger partial charge >= 0.3 is 6.09 Å². The van der Waals surface area contributed by atoms with Gasteiger partial charge in [0.05, 0.1) is 0 Å². The zero-order chi connectivity index (χ0) is 19.7. The highest BCUT2D eigenvalue weighted by Crippen LogP contribution is 2.13. The van der Waals surface area contributed by atoms with Crippen LogP contribution in [0.2, 0.25) is 0 Å². The minimum atomic E-state index is -0.502. The van der Waals surface area contributed by atoms with E-state index in [1.807, 2.05) is 45.0 Å². The summed E-state index contributed by atoms with van der Waals surface area (Å²) in [5.74, 6) is 0. The van der Waals surface area contributed by atoms with Gasteiger partial charge in [-0.1, -0.05) is 12.1 Å². The van der Waals surface area contributed by atoms with Crippen molar-refractivity contribution in [3.63, 3.8) is 0 Å². The van der Waals surface area contributed by atoms with E-state index in [0.29, 0.717) is 18.2 Å². The van der Waals surface area contributed by atoms with Crippen molar-refractivity contribution in [1.82, 2.24) is 15.6 Å². The summed E-state index contributed by atoms with van der Waals surface area (Å²) < 4.78 is 5.16. The number of thiocarbonyl (C=S) groups is 1. The van der Waals surface area contributed by atoms with Gasteiger partial charge in [0.15, 0.2) is 5.11 Å². The molecule has 0 saturated heterocycles. The number of hydrogen-bond acceptors (Lipinski definition) is 4. The number of rotatable bonds is 6. The molecule has 1 aromatic carbocycles. The number of nitrogens with one attached hydrogen (secondary N) is 3. The molecule has 2 aromatic rings. The fraction of sp³-hybridized carbons (Fsp3) is 0.350. The van der Waals surface area contributed by atoms with Crippen LogP contribution in [0.1, 0.15) is 31.9 Å². The molecule has 144 valence electrons. The average Bonchev–Trinajstić information content (AvgIpc) is 2.60. The lowest BCUT2D eigenvalue weighted by atomic mass is 10.1. The Balaban J connectivity index is 1.69. The topological polar surface area (TPSA) is 75.3 Å². The van der Waals surface area contributed by atoms with Crippen molar-refractivity contribution in [3.8, 4) is 0 Å². The molecule has 0 unspecified atom stereocenters. The molecule has 1 aromatic heterocycles. The molecule has 2 rings (SSSR count). The number of hydrogen-bond donors (Lipinski definition) is 3. The molecule has 0 saturated carbocycles. The molecule has 7 heteroatoms. The maximum absolute atomic E-state index is 11.5. The van der Waals surface area contributed by atoms with Crippen LogP contribution in [-0.4, -0.2) is 34.9 Å². The van der Waals surface area contributed by atoms with Crippen molar-refractivity contribution in [1.29, 1.82) is 0 Å². The number of ether oxygens (including phenoxy) is 1. The van der Waals surface area contributed by atoms with Crippen LogP contribution in [-0.2, 0) is 11.2 Å². The Labute approximate surface area is 165 Å². The lowest BCUT2D eigenvalue weighted by molar-refractivity contribution is 0.0529. The van der Waals surface area contributed by atoms with Crippen LogP contribution < -0.4 is 16.0 Å². The minimum absolute atomic E-state index is 0.418. The first-order valence-electron chi connectivity index (χ1n) is 8.81. The van der Waals surface area contributed by atoms with Crippen LogP contribution in [0.25, 0.3) is 0 Å². The number of benzene rings is 1. The van der Waals surface area contributed by atoms with Gasteiger partial charge < -0.3 is 20.7 Å². The first kappa shape index (κ1) is 20.6. The zero-order valence-corrected chi connectivity index (χ0v) is 16.7. The largest absolute Gasteiger partial charge is 0.444 e. The monoisotopic (exact) mass is 386 g/mol. The molecule has 0 fully saturated rings. The summed E-state index contributed by atoms with van der Waals surface area (Å²) >= 11 is 5.27. The summed E-state index contributed by atoms with van der Waals surface area (Å²) in [5.41, 5.74) is 2.84. The molecule has 0 aliphatic rings. The molecule has 0 atom stereocenters. The second-order valence-electron chi connectivity index (χ2n) is 7.04. The maximum atomic E-state index is 11.5. The van der Waals surface area contributed by atoms with Gasteiger partial charge in [-0.2, -0.15) is 0 Å². The molecule has 0 bridgehead atoms. The Bertz CT molecular complexity index is 743. The van der Waals surface area contributed by atoms with Gasteiger partial charge in [-0.05, 0) is 74.8 Å². The van der Waals surface area contributed by atoms with Crippen LogP contribution >= 0.6 is 12.2 Å². The van der Waals surface area contributed by atoms with Gasteiger partial charge in [0, 0.05) is 31.2 Å². The van der Waals surface area contributed by atoms with Crippen molar-refractivity contribution >= 4 is 29.1 Å². The summed E-state index contributed by atoms with van der Waals surface area (Å²) in [6, 6.07) is 12.1. The number of aromatic nitrogens is 1.